The number of guanidine groups is 1. The van der Waals surface area contributed by atoms with Crippen LogP contribution in [0.5, 0.6) is 0 Å². The number of aryl methyl sites for hydroxylation is 1. The minimum atomic E-state index is -3.16. The van der Waals surface area contributed by atoms with E-state index >= 15 is 0 Å². The van der Waals surface area contributed by atoms with Crippen molar-refractivity contribution < 1.29 is 8.42 Å². The van der Waals surface area contributed by atoms with Crippen molar-refractivity contribution in [2.24, 2.45) is 4.99 Å². The minimum Gasteiger partial charge on any atom is -0.368 e. The van der Waals surface area contributed by atoms with Gasteiger partial charge in [-0.1, -0.05) is 17.7 Å². The van der Waals surface area contributed by atoms with Crippen LogP contribution < -0.4 is 14.9 Å². The van der Waals surface area contributed by atoms with Gasteiger partial charge in [-0.05, 0) is 24.6 Å². The molecule has 0 bridgehead atoms. The Bertz CT molecular complexity index is 715. The molecule has 1 aliphatic rings. The Kier molecular flexibility index (Phi) is 6.92. The van der Waals surface area contributed by atoms with Gasteiger partial charge in [-0.2, -0.15) is 0 Å². The molecular formula is C16H26ClN5O2S. The van der Waals surface area contributed by atoms with E-state index in [0.717, 1.165) is 43.4 Å². The van der Waals surface area contributed by atoms with Gasteiger partial charge in [0.25, 0.3) is 0 Å². The number of anilines is 1. The van der Waals surface area contributed by atoms with Crippen LogP contribution >= 0.6 is 11.6 Å². The van der Waals surface area contributed by atoms with E-state index in [1.165, 1.54) is 11.3 Å². The van der Waals surface area contributed by atoms with Gasteiger partial charge >= 0.3 is 0 Å². The molecule has 0 aromatic heterocycles. The molecule has 1 fully saturated rings. The van der Waals surface area contributed by atoms with Gasteiger partial charge in [-0.3, -0.25) is 4.99 Å². The lowest BCUT2D eigenvalue weighted by molar-refractivity contribution is 0.373. The van der Waals surface area contributed by atoms with Gasteiger partial charge in [-0.25, -0.2) is 13.1 Å². The summed E-state index contributed by atoms with van der Waals surface area (Å²) in [4.78, 5) is 8.80. The fourth-order valence-corrected chi connectivity index (χ4v) is 3.46. The molecular weight excluding hydrogens is 362 g/mol. The van der Waals surface area contributed by atoms with Gasteiger partial charge in [0.15, 0.2) is 5.96 Å². The maximum atomic E-state index is 11.1. The molecule has 1 aromatic carbocycles. The lowest BCUT2D eigenvalue weighted by Gasteiger charge is -2.38. The van der Waals surface area contributed by atoms with Gasteiger partial charge in [0.05, 0.1) is 6.26 Å². The third-order valence-corrected chi connectivity index (χ3v) is 5.04. The summed E-state index contributed by atoms with van der Waals surface area (Å²) in [7, 11) is -1.42. The monoisotopic (exact) mass is 387 g/mol. The summed E-state index contributed by atoms with van der Waals surface area (Å²) < 4.78 is 24.6. The predicted molar refractivity (Wildman–Crippen MR) is 104 cm³/mol. The maximum absolute atomic E-state index is 11.1. The van der Waals surface area contributed by atoms with E-state index in [1.54, 1.807) is 7.05 Å². The van der Waals surface area contributed by atoms with E-state index in [0.29, 0.717) is 13.1 Å². The average molecular weight is 388 g/mol. The normalized spacial score (nSPS) is 16.2. The molecule has 1 aromatic rings. The van der Waals surface area contributed by atoms with Crippen molar-refractivity contribution in [1.82, 2.24) is 14.9 Å². The van der Waals surface area contributed by atoms with E-state index in [-0.39, 0.29) is 0 Å². The largest absolute Gasteiger partial charge is 0.368 e. The van der Waals surface area contributed by atoms with Crippen molar-refractivity contribution in [3.8, 4) is 0 Å². The lowest BCUT2D eigenvalue weighted by atomic mass is 10.1. The Morgan fingerprint density at radius 3 is 2.52 bits per heavy atom. The first-order valence-corrected chi connectivity index (χ1v) is 10.5. The van der Waals surface area contributed by atoms with Crippen molar-refractivity contribution >= 4 is 33.3 Å². The zero-order chi connectivity index (χ0) is 18.4. The zero-order valence-electron chi connectivity index (χ0n) is 14.9. The molecule has 0 aliphatic carbocycles. The molecule has 25 heavy (non-hydrogen) atoms. The molecule has 140 valence electrons. The number of benzene rings is 1. The number of rotatable bonds is 5. The number of sulfonamides is 1. The second kappa shape index (κ2) is 8.73. The molecule has 0 spiro atoms. The molecule has 1 heterocycles. The van der Waals surface area contributed by atoms with Crippen LogP contribution in [0.2, 0.25) is 5.02 Å². The fraction of sp³-hybridized carbons (Fsp3) is 0.562. The molecule has 2 N–H and O–H groups in total. The van der Waals surface area contributed by atoms with Crippen LogP contribution in [0.15, 0.2) is 23.2 Å². The van der Waals surface area contributed by atoms with Gasteiger partial charge < -0.3 is 15.1 Å². The number of hydrogen-bond acceptors (Lipinski definition) is 4. The highest BCUT2D eigenvalue weighted by atomic mass is 35.5. The molecule has 0 radical (unpaired) electrons. The van der Waals surface area contributed by atoms with Crippen LogP contribution in [-0.4, -0.2) is 71.8 Å². The molecule has 9 heteroatoms. The van der Waals surface area contributed by atoms with Crippen molar-refractivity contribution in [2.45, 2.75) is 6.92 Å². The summed E-state index contributed by atoms with van der Waals surface area (Å²) in [6.45, 7) is 6.35. The van der Waals surface area contributed by atoms with Gasteiger partial charge in [0.2, 0.25) is 10.0 Å². The molecule has 0 unspecified atom stereocenters. The quantitative estimate of drug-likeness (QED) is 0.446. The second-order valence-electron chi connectivity index (χ2n) is 6.05. The highest BCUT2D eigenvalue weighted by Crippen LogP contribution is 2.25. The summed E-state index contributed by atoms with van der Waals surface area (Å²) in [5.41, 5.74) is 2.39. The molecule has 0 amide bonds. The SMILES string of the molecule is CN=C(NCCNS(C)(=O)=O)N1CCN(c2cc(Cl)ccc2C)CC1. The summed E-state index contributed by atoms with van der Waals surface area (Å²) in [6.07, 6.45) is 1.15. The molecule has 7 nitrogen and oxygen atoms in total. The standard InChI is InChI=1S/C16H26ClN5O2S/c1-13-4-5-14(17)12-15(13)21-8-10-22(11-9-21)16(18-2)19-6-7-20-25(3,23)24/h4-5,12,20H,6-11H2,1-3H3,(H,18,19). The summed E-state index contributed by atoms with van der Waals surface area (Å²) in [5.74, 6) is 0.790. The lowest BCUT2D eigenvalue weighted by Crippen LogP contribution is -2.53. The minimum absolute atomic E-state index is 0.333. The topological polar surface area (TPSA) is 77.0 Å². The predicted octanol–water partition coefficient (Wildman–Crippen LogP) is 0.895. The Morgan fingerprint density at radius 2 is 1.92 bits per heavy atom. The Morgan fingerprint density at radius 1 is 1.24 bits per heavy atom. The summed E-state index contributed by atoms with van der Waals surface area (Å²) in [6, 6.07) is 5.96. The van der Waals surface area contributed by atoms with E-state index in [4.69, 9.17) is 11.6 Å². The molecule has 1 aliphatic heterocycles. The van der Waals surface area contributed by atoms with Gasteiger partial charge in [0, 0.05) is 57.0 Å². The zero-order valence-corrected chi connectivity index (χ0v) is 16.5. The van der Waals surface area contributed by atoms with Crippen LogP contribution in [0.1, 0.15) is 5.56 Å². The number of nitrogens with one attached hydrogen (secondary N) is 2. The highest BCUT2D eigenvalue weighted by molar-refractivity contribution is 7.88. The first-order chi connectivity index (χ1) is 11.8. The van der Waals surface area contributed by atoms with Crippen LogP contribution in [0, 0.1) is 6.92 Å². The highest BCUT2D eigenvalue weighted by Gasteiger charge is 2.20. The van der Waals surface area contributed by atoms with E-state index in [9.17, 15) is 8.42 Å². The third kappa shape index (κ3) is 6.05. The maximum Gasteiger partial charge on any atom is 0.208 e. The second-order valence-corrected chi connectivity index (χ2v) is 8.31. The van der Waals surface area contributed by atoms with Crippen LogP contribution in [0.25, 0.3) is 0 Å². The van der Waals surface area contributed by atoms with E-state index in [1.807, 2.05) is 18.2 Å². The van der Waals surface area contributed by atoms with Crippen LogP contribution in [0.3, 0.4) is 0 Å². The Hall–Kier alpha value is -1.51. The Labute approximate surface area is 155 Å². The van der Waals surface area contributed by atoms with E-state index < -0.39 is 10.0 Å². The van der Waals surface area contributed by atoms with E-state index in [2.05, 4.69) is 31.8 Å². The fourth-order valence-electron chi connectivity index (χ4n) is 2.83. The number of halogens is 1. The molecule has 0 saturated carbocycles. The summed E-state index contributed by atoms with van der Waals surface area (Å²) >= 11 is 6.13. The Balaban J connectivity index is 1.86. The first-order valence-electron chi connectivity index (χ1n) is 8.21. The van der Waals surface area contributed by atoms with Crippen molar-refractivity contribution in [1.29, 1.82) is 0 Å². The van der Waals surface area contributed by atoms with Gasteiger partial charge in [-0.15, -0.1) is 0 Å². The van der Waals surface area contributed by atoms with Crippen molar-refractivity contribution in [3.63, 3.8) is 0 Å². The number of hydrogen-bond donors (Lipinski definition) is 2. The number of aliphatic imine (C=N–C) groups is 1. The third-order valence-electron chi connectivity index (χ3n) is 4.08. The molecule has 0 atom stereocenters. The first kappa shape index (κ1) is 19.8. The molecule has 1 saturated heterocycles. The smallest absolute Gasteiger partial charge is 0.208 e. The van der Waals surface area contributed by atoms with Crippen molar-refractivity contribution in [3.05, 3.63) is 28.8 Å². The van der Waals surface area contributed by atoms with Gasteiger partial charge in [0.1, 0.15) is 0 Å². The van der Waals surface area contributed by atoms with Crippen LogP contribution in [0.4, 0.5) is 5.69 Å². The summed E-state index contributed by atoms with van der Waals surface area (Å²) in [5, 5.41) is 3.95. The average Bonchev–Trinajstić information content (AvgIpc) is 2.56. The van der Waals surface area contributed by atoms with Crippen molar-refractivity contribution in [2.75, 3.05) is 57.5 Å². The number of piperazine rings is 1. The van der Waals surface area contributed by atoms with Crippen LogP contribution in [-0.2, 0) is 10.0 Å². The molecule has 2 rings (SSSR count). The number of nitrogens with zero attached hydrogens (tertiary/aromatic N) is 3.